The normalized spacial score (nSPS) is 33.6. The predicted molar refractivity (Wildman–Crippen MR) is 79.5 cm³/mol. The first-order valence-electron chi connectivity index (χ1n) is 7.76. The Morgan fingerprint density at radius 2 is 1.74 bits per heavy atom. The average Bonchev–Trinajstić information content (AvgIpc) is 2.33. The van der Waals surface area contributed by atoms with Crippen LogP contribution >= 0.6 is 0 Å². The van der Waals surface area contributed by atoms with Gasteiger partial charge in [0.05, 0.1) is 5.25 Å². The van der Waals surface area contributed by atoms with E-state index in [1.807, 2.05) is 0 Å². The largest absolute Gasteiger partial charge is 0.215 e. The molecule has 0 spiro atoms. The minimum Gasteiger partial charge on any atom is -0.212 e. The summed E-state index contributed by atoms with van der Waals surface area (Å²) in [5.41, 5.74) is 0. The van der Waals surface area contributed by atoms with Crippen LogP contribution in [0.4, 0.5) is 0 Å². The van der Waals surface area contributed by atoms with Gasteiger partial charge in [0.2, 0.25) is 10.0 Å². The van der Waals surface area contributed by atoms with Crippen molar-refractivity contribution >= 4 is 10.0 Å². The van der Waals surface area contributed by atoms with Gasteiger partial charge < -0.3 is 0 Å². The first-order chi connectivity index (χ1) is 9.08. The molecular formula is C15H27NO2S. The van der Waals surface area contributed by atoms with E-state index in [1.54, 1.807) is 0 Å². The molecule has 0 heterocycles. The highest BCUT2D eigenvalue weighted by Crippen LogP contribution is 2.28. The zero-order valence-electron chi connectivity index (χ0n) is 12.0. The van der Waals surface area contributed by atoms with Gasteiger partial charge >= 0.3 is 0 Å². The molecule has 2 aliphatic rings. The molecular weight excluding hydrogens is 258 g/mol. The van der Waals surface area contributed by atoms with Crippen LogP contribution in [-0.4, -0.2) is 19.7 Å². The summed E-state index contributed by atoms with van der Waals surface area (Å²) in [4.78, 5) is 0. The van der Waals surface area contributed by atoms with Crippen molar-refractivity contribution in [3.05, 3.63) is 12.2 Å². The summed E-state index contributed by atoms with van der Waals surface area (Å²) < 4.78 is 27.8. The van der Waals surface area contributed by atoms with E-state index in [1.165, 1.54) is 12.8 Å². The number of rotatable bonds is 3. The van der Waals surface area contributed by atoms with Gasteiger partial charge in [0, 0.05) is 6.04 Å². The Bertz CT molecular complexity index is 394. The van der Waals surface area contributed by atoms with E-state index in [0.717, 1.165) is 44.9 Å². The lowest BCUT2D eigenvalue weighted by Gasteiger charge is -2.28. The van der Waals surface area contributed by atoms with Crippen LogP contribution in [-0.2, 0) is 10.0 Å². The zero-order chi connectivity index (χ0) is 13.7. The van der Waals surface area contributed by atoms with Gasteiger partial charge in [0.15, 0.2) is 0 Å². The van der Waals surface area contributed by atoms with Crippen LogP contribution in [0.5, 0.6) is 0 Å². The number of nitrogens with one attached hydrogen (secondary N) is 1. The Morgan fingerprint density at radius 3 is 2.47 bits per heavy atom. The lowest BCUT2D eigenvalue weighted by atomic mass is 9.91. The van der Waals surface area contributed by atoms with Gasteiger partial charge in [-0.05, 0) is 50.9 Å². The molecule has 0 aromatic rings. The van der Waals surface area contributed by atoms with Crippen LogP contribution in [0.25, 0.3) is 0 Å². The maximum absolute atomic E-state index is 12.4. The molecule has 0 aromatic heterocycles. The molecule has 110 valence electrons. The number of sulfonamides is 1. The van der Waals surface area contributed by atoms with E-state index < -0.39 is 10.0 Å². The van der Waals surface area contributed by atoms with Crippen LogP contribution in [0.15, 0.2) is 12.2 Å². The third-order valence-corrected chi connectivity index (χ3v) is 6.45. The number of hydrogen-bond acceptors (Lipinski definition) is 2. The minimum absolute atomic E-state index is 0.0182. The Balaban J connectivity index is 1.93. The molecule has 4 heteroatoms. The van der Waals surface area contributed by atoms with Gasteiger partial charge in [-0.25, -0.2) is 13.1 Å². The van der Waals surface area contributed by atoms with Crippen molar-refractivity contribution in [2.24, 2.45) is 5.92 Å². The Labute approximate surface area is 117 Å². The van der Waals surface area contributed by atoms with E-state index in [0.29, 0.717) is 5.92 Å². The minimum atomic E-state index is -3.14. The van der Waals surface area contributed by atoms with Gasteiger partial charge in [0.25, 0.3) is 0 Å². The maximum atomic E-state index is 12.4. The topological polar surface area (TPSA) is 46.2 Å². The van der Waals surface area contributed by atoms with E-state index in [2.05, 4.69) is 23.8 Å². The predicted octanol–water partition coefficient (Wildman–Crippen LogP) is 3.37. The van der Waals surface area contributed by atoms with E-state index >= 15 is 0 Å². The fraction of sp³-hybridized carbons (Fsp3) is 0.867. The molecule has 0 amide bonds. The SMILES string of the molecule is CC1CCC(S(=O)(=O)NC2C=CCCCCC2)CC1. The monoisotopic (exact) mass is 285 g/mol. The highest BCUT2D eigenvalue weighted by Gasteiger charge is 2.30. The molecule has 3 nitrogen and oxygen atoms in total. The second-order valence-electron chi connectivity index (χ2n) is 6.22. The molecule has 1 N–H and O–H groups in total. The third-order valence-electron chi connectivity index (χ3n) is 4.47. The summed E-state index contributed by atoms with van der Waals surface area (Å²) in [6, 6.07) is 0.0182. The fourth-order valence-electron chi connectivity index (χ4n) is 3.11. The van der Waals surface area contributed by atoms with Crippen molar-refractivity contribution in [3.8, 4) is 0 Å². The summed E-state index contributed by atoms with van der Waals surface area (Å²) >= 11 is 0. The zero-order valence-corrected chi connectivity index (χ0v) is 12.8. The summed E-state index contributed by atoms with van der Waals surface area (Å²) in [7, 11) is -3.14. The lowest BCUT2D eigenvalue weighted by Crippen LogP contribution is -2.41. The molecule has 1 unspecified atom stereocenters. The molecule has 2 rings (SSSR count). The molecule has 0 bridgehead atoms. The average molecular weight is 285 g/mol. The molecule has 1 saturated carbocycles. The molecule has 1 atom stereocenters. The van der Waals surface area contributed by atoms with Gasteiger partial charge in [0.1, 0.15) is 0 Å². The Hall–Kier alpha value is -0.350. The standard InChI is InChI=1S/C15H27NO2S/c1-13-9-11-15(12-10-13)19(17,18)16-14-7-5-3-2-4-6-8-14/h5,7,13-16H,2-4,6,8-12H2,1H3. The summed E-state index contributed by atoms with van der Waals surface area (Å²) in [5, 5.41) is -0.164. The van der Waals surface area contributed by atoms with E-state index in [4.69, 9.17) is 0 Å². The Morgan fingerprint density at radius 1 is 1.00 bits per heavy atom. The van der Waals surface area contributed by atoms with Crippen LogP contribution in [0, 0.1) is 5.92 Å². The number of hydrogen-bond donors (Lipinski definition) is 1. The highest BCUT2D eigenvalue weighted by atomic mass is 32.2. The second-order valence-corrected chi connectivity index (χ2v) is 8.21. The molecule has 0 saturated heterocycles. The molecule has 0 aliphatic heterocycles. The van der Waals surface area contributed by atoms with Gasteiger partial charge in [-0.3, -0.25) is 0 Å². The van der Waals surface area contributed by atoms with Crippen LogP contribution in [0.3, 0.4) is 0 Å². The lowest BCUT2D eigenvalue weighted by molar-refractivity contribution is 0.379. The van der Waals surface area contributed by atoms with Crippen molar-refractivity contribution in [2.75, 3.05) is 0 Å². The second kappa shape index (κ2) is 6.89. The van der Waals surface area contributed by atoms with E-state index in [-0.39, 0.29) is 11.3 Å². The molecule has 0 radical (unpaired) electrons. The van der Waals surface area contributed by atoms with Crippen molar-refractivity contribution in [1.82, 2.24) is 4.72 Å². The fourth-order valence-corrected chi connectivity index (χ4v) is 4.81. The maximum Gasteiger partial charge on any atom is 0.215 e. The first kappa shape index (κ1) is 15.0. The Kier molecular flexibility index (Phi) is 5.46. The van der Waals surface area contributed by atoms with E-state index in [9.17, 15) is 8.42 Å². The van der Waals surface area contributed by atoms with Crippen molar-refractivity contribution in [1.29, 1.82) is 0 Å². The number of allylic oxidation sites excluding steroid dienone is 1. The molecule has 0 aromatic carbocycles. The quantitative estimate of drug-likeness (QED) is 0.808. The molecule has 19 heavy (non-hydrogen) atoms. The van der Waals surface area contributed by atoms with Gasteiger partial charge in [-0.15, -0.1) is 0 Å². The van der Waals surface area contributed by atoms with Gasteiger partial charge in [-0.1, -0.05) is 31.9 Å². The third kappa shape index (κ3) is 4.60. The van der Waals surface area contributed by atoms with Crippen LogP contribution in [0.2, 0.25) is 0 Å². The van der Waals surface area contributed by atoms with Crippen molar-refractivity contribution in [3.63, 3.8) is 0 Å². The first-order valence-corrected chi connectivity index (χ1v) is 9.30. The van der Waals surface area contributed by atoms with Gasteiger partial charge in [-0.2, -0.15) is 0 Å². The summed E-state index contributed by atoms with van der Waals surface area (Å²) in [6.07, 6.45) is 13.5. The molecule has 2 aliphatic carbocycles. The van der Waals surface area contributed by atoms with Crippen molar-refractivity contribution < 1.29 is 8.42 Å². The highest BCUT2D eigenvalue weighted by molar-refractivity contribution is 7.90. The van der Waals surface area contributed by atoms with Crippen molar-refractivity contribution in [2.45, 2.75) is 76.0 Å². The van der Waals surface area contributed by atoms with Crippen LogP contribution < -0.4 is 4.72 Å². The molecule has 1 fully saturated rings. The van der Waals surface area contributed by atoms with Crippen LogP contribution in [0.1, 0.15) is 64.7 Å². The summed E-state index contributed by atoms with van der Waals surface area (Å²) in [5.74, 6) is 0.688. The smallest absolute Gasteiger partial charge is 0.212 e. The summed E-state index contributed by atoms with van der Waals surface area (Å²) in [6.45, 7) is 2.22.